The van der Waals surface area contributed by atoms with Crippen LogP contribution in [0.15, 0.2) is 35.6 Å². The molecular formula is C12H13N5O3. The van der Waals surface area contributed by atoms with Gasteiger partial charge in [-0.2, -0.15) is 5.10 Å². The number of oxime groups is 1. The zero-order valence-corrected chi connectivity index (χ0v) is 10.6. The number of carbonyl (C=O) groups excluding carboxylic acids is 1. The first-order chi connectivity index (χ1) is 9.67. The summed E-state index contributed by atoms with van der Waals surface area (Å²) in [5, 5.41) is 20.6. The number of anilines is 1. The van der Waals surface area contributed by atoms with Crippen molar-refractivity contribution in [3.8, 4) is 5.75 Å². The third-order valence-corrected chi connectivity index (χ3v) is 2.61. The van der Waals surface area contributed by atoms with E-state index < -0.39 is 5.91 Å². The second-order valence-electron chi connectivity index (χ2n) is 3.79. The van der Waals surface area contributed by atoms with Gasteiger partial charge in [0.1, 0.15) is 11.4 Å². The van der Waals surface area contributed by atoms with E-state index >= 15 is 0 Å². The highest BCUT2D eigenvalue weighted by Crippen LogP contribution is 2.28. The van der Waals surface area contributed by atoms with E-state index in [4.69, 9.17) is 15.7 Å². The number of amidine groups is 1. The van der Waals surface area contributed by atoms with Crippen molar-refractivity contribution in [1.82, 2.24) is 10.2 Å². The summed E-state index contributed by atoms with van der Waals surface area (Å²) in [6.45, 7) is 0. The van der Waals surface area contributed by atoms with Gasteiger partial charge in [-0.25, -0.2) is 0 Å². The lowest BCUT2D eigenvalue weighted by Crippen LogP contribution is -2.20. The molecule has 8 heteroatoms. The third-order valence-electron chi connectivity index (χ3n) is 2.61. The van der Waals surface area contributed by atoms with Gasteiger partial charge in [0.2, 0.25) is 0 Å². The van der Waals surface area contributed by atoms with Crippen LogP contribution in [0.1, 0.15) is 16.1 Å². The topological polar surface area (TPSA) is 126 Å². The number of nitrogens with one attached hydrogen (secondary N) is 2. The van der Waals surface area contributed by atoms with Crippen molar-refractivity contribution in [2.75, 3.05) is 12.4 Å². The van der Waals surface area contributed by atoms with Gasteiger partial charge in [0.05, 0.1) is 12.8 Å². The normalized spacial score (nSPS) is 11.2. The van der Waals surface area contributed by atoms with Crippen LogP contribution in [-0.4, -0.2) is 34.3 Å². The predicted molar refractivity (Wildman–Crippen MR) is 72.0 cm³/mol. The second-order valence-corrected chi connectivity index (χ2v) is 3.79. The highest BCUT2D eigenvalue weighted by Gasteiger charge is 2.16. The maximum Gasteiger partial charge on any atom is 0.273 e. The summed E-state index contributed by atoms with van der Waals surface area (Å²) in [5.74, 6) is -0.162. The van der Waals surface area contributed by atoms with Gasteiger partial charge in [-0.05, 0) is 18.2 Å². The number of methoxy groups -OCH3 is 1. The minimum absolute atomic E-state index is 0.135. The lowest BCUT2D eigenvalue weighted by molar-refractivity contribution is 0.102. The molecule has 0 radical (unpaired) electrons. The molecule has 8 nitrogen and oxygen atoms in total. The molecule has 0 aliphatic carbocycles. The molecule has 1 amide bonds. The number of nitrogens with zero attached hydrogens (tertiary/aromatic N) is 2. The fourth-order valence-corrected chi connectivity index (χ4v) is 1.66. The van der Waals surface area contributed by atoms with Crippen molar-refractivity contribution in [2.24, 2.45) is 10.9 Å². The van der Waals surface area contributed by atoms with Crippen LogP contribution in [0.2, 0.25) is 0 Å². The number of carbonyl (C=O) groups is 1. The summed E-state index contributed by atoms with van der Waals surface area (Å²) in [5.41, 5.74) is 6.52. The van der Waals surface area contributed by atoms with Gasteiger partial charge in [-0.15, -0.1) is 0 Å². The van der Waals surface area contributed by atoms with E-state index in [1.54, 1.807) is 18.2 Å². The van der Waals surface area contributed by atoms with Crippen molar-refractivity contribution in [2.45, 2.75) is 0 Å². The van der Waals surface area contributed by atoms with Gasteiger partial charge in [0, 0.05) is 11.8 Å². The molecule has 0 unspecified atom stereocenters. The smallest absolute Gasteiger partial charge is 0.273 e. The first-order valence-corrected chi connectivity index (χ1v) is 5.63. The molecule has 5 N–H and O–H groups in total. The fourth-order valence-electron chi connectivity index (χ4n) is 1.66. The minimum atomic E-state index is -0.418. The quantitative estimate of drug-likeness (QED) is 0.284. The van der Waals surface area contributed by atoms with Crippen molar-refractivity contribution in [1.29, 1.82) is 0 Å². The molecule has 1 aromatic carbocycles. The van der Waals surface area contributed by atoms with Gasteiger partial charge in [0.15, 0.2) is 5.84 Å². The zero-order chi connectivity index (χ0) is 14.5. The Morgan fingerprint density at radius 2 is 2.30 bits per heavy atom. The first-order valence-electron chi connectivity index (χ1n) is 5.63. The Kier molecular flexibility index (Phi) is 3.85. The largest absolute Gasteiger partial charge is 0.495 e. The summed E-state index contributed by atoms with van der Waals surface area (Å²) < 4.78 is 5.17. The summed E-state index contributed by atoms with van der Waals surface area (Å²) >= 11 is 0. The van der Waals surface area contributed by atoms with Gasteiger partial charge < -0.3 is 21.0 Å². The molecule has 1 aromatic heterocycles. The Hall–Kier alpha value is -3.03. The lowest BCUT2D eigenvalue weighted by atomic mass is 10.1. The van der Waals surface area contributed by atoms with Crippen LogP contribution in [0.25, 0.3) is 0 Å². The van der Waals surface area contributed by atoms with E-state index in [1.807, 2.05) is 0 Å². The molecule has 2 aromatic rings. The predicted octanol–water partition coefficient (Wildman–Crippen LogP) is 0.765. The molecule has 0 saturated carbocycles. The average molecular weight is 275 g/mol. The molecule has 0 bridgehead atoms. The van der Waals surface area contributed by atoms with Crippen LogP contribution in [-0.2, 0) is 0 Å². The molecular weight excluding hydrogens is 262 g/mol. The van der Waals surface area contributed by atoms with Gasteiger partial charge in [-0.1, -0.05) is 11.2 Å². The number of ether oxygens (including phenoxy) is 1. The Morgan fingerprint density at radius 3 is 2.90 bits per heavy atom. The van der Waals surface area contributed by atoms with Gasteiger partial charge in [0.25, 0.3) is 5.91 Å². The number of nitrogens with two attached hydrogens (primary N) is 1. The molecule has 2 rings (SSSR count). The van der Waals surface area contributed by atoms with Crippen LogP contribution in [0.4, 0.5) is 5.69 Å². The van der Waals surface area contributed by atoms with Crippen molar-refractivity contribution in [3.05, 3.63) is 41.7 Å². The number of H-pyrrole nitrogens is 1. The molecule has 20 heavy (non-hydrogen) atoms. The van der Waals surface area contributed by atoms with Crippen molar-refractivity contribution < 1.29 is 14.7 Å². The summed E-state index contributed by atoms with van der Waals surface area (Å²) in [6, 6.07) is 6.43. The number of hydrogen-bond donors (Lipinski definition) is 4. The summed E-state index contributed by atoms with van der Waals surface area (Å²) in [4.78, 5) is 12.0. The third kappa shape index (κ3) is 2.53. The van der Waals surface area contributed by atoms with E-state index in [9.17, 15) is 4.79 Å². The van der Waals surface area contributed by atoms with Crippen molar-refractivity contribution in [3.63, 3.8) is 0 Å². The van der Waals surface area contributed by atoms with E-state index in [1.165, 1.54) is 19.4 Å². The van der Waals surface area contributed by atoms with Crippen molar-refractivity contribution >= 4 is 17.4 Å². The molecule has 0 aliphatic rings. The number of aromatic nitrogens is 2. The second kappa shape index (κ2) is 5.74. The fraction of sp³-hybridized carbons (Fsp3) is 0.0833. The van der Waals surface area contributed by atoms with Gasteiger partial charge in [-0.3, -0.25) is 9.89 Å². The number of para-hydroxylation sites is 1. The number of amides is 1. The Bertz CT molecular complexity index is 637. The Balaban J connectivity index is 2.41. The average Bonchev–Trinajstić information content (AvgIpc) is 3.01. The first kappa shape index (κ1) is 13.4. The Labute approximate surface area is 114 Å². The zero-order valence-electron chi connectivity index (χ0n) is 10.6. The highest BCUT2D eigenvalue weighted by atomic mass is 16.5. The number of hydrogen-bond acceptors (Lipinski definition) is 5. The monoisotopic (exact) mass is 275 g/mol. The van der Waals surface area contributed by atoms with E-state index in [2.05, 4.69) is 20.7 Å². The number of rotatable bonds is 4. The molecule has 104 valence electrons. The van der Waals surface area contributed by atoms with Crippen LogP contribution in [0, 0.1) is 0 Å². The molecule has 0 fully saturated rings. The van der Waals surface area contributed by atoms with E-state index in [0.29, 0.717) is 17.0 Å². The standard InChI is InChI=1S/C12H13N5O3/c1-20-9-4-2-3-7(11(13)17-19)10(9)15-12(18)8-5-6-14-16-8/h2-6,19H,1H3,(H2,13,17)(H,14,16)(H,15,18). The number of aromatic amines is 1. The molecule has 0 atom stereocenters. The summed E-state index contributed by atoms with van der Waals surface area (Å²) in [7, 11) is 1.46. The molecule has 0 aliphatic heterocycles. The number of benzene rings is 1. The van der Waals surface area contributed by atoms with Crippen LogP contribution >= 0.6 is 0 Å². The van der Waals surface area contributed by atoms with Crippen LogP contribution in [0.3, 0.4) is 0 Å². The summed E-state index contributed by atoms with van der Waals surface area (Å²) in [6.07, 6.45) is 1.46. The van der Waals surface area contributed by atoms with Crippen LogP contribution in [0.5, 0.6) is 5.75 Å². The van der Waals surface area contributed by atoms with Crippen LogP contribution < -0.4 is 15.8 Å². The molecule has 1 heterocycles. The molecule has 0 spiro atoms. The minimum Gasteiger partial charge on any atom is -0.495 e. The maximum atomic E-state index is 12.0. The maximum absolute atomic E-state index is 12.0. The molecule has 0 saturated heterocycles. The van der Waals surface area contributed by atoms with E-state index in [0.717, 1.165) is 0 Å². The van der Waals surface area contributed by atoms with Gasteiger partial charge >= 0.3 is 0 Å². The Morgan fingerprint density at radius 1 is 1.50 bits per heavy atom. The lowest BCUT2D eigenvalue weighted by Gasteiger charge is -2.13. The highest BCUT2D eigenvalue weighted by molar-refractivity contribution is 6.10. The van der Waals surface area contributed by atoms with E-state index in [-0.39, 0.29) is 11.5 Å². The SMILES string of the molecule is COc1cccc(/C(N)=N/O)c1NC(=O)c1ccn[nH]1.